The van der Waals surface area contributed by atoms with Gasteiger partial charge in [0.2, 0.25) is 0 Å². The third-order valence-electron chi connectivity index (χ3n) is 3.42. The van der Waals surface area contributed by atoms with Crippen LogP contribution in [-0.2, 0) is 6.42 Å². The zero-order chi connectivity index (χ0) is 14.7. The highest BCUT2D eigenvalue weighted by Crippen LogP contribution is 2.20. The molecule has 108 valence electrons. The smallest absolute Gasteiger partial charge is 0.123 e. The van der Waals surface area contributed by atoms with Crippen molar-refractivity contribution in [2.45, 2.75) is 39.3 Å². The van der Waals surface area contributed by atoms with Crippen LogP contribution in [0.5, 0.6) is 0 Å². The maximum atomic E-state index is 13.5. The lowest BCUT2D eigenvalue weighted by molar-refractivity contribution is 0.514. The van der Waals surface area contributed by atoms with Crippen molar-refractivity contribution < 1.29 is 4.39 Å². The summed E-state index contributed by atoms with van der Waals surface area (Å²) in [5.74, 6) is -0.187. The predicted octanol–water partition coefficient (Wildman–Crippen LogP) is 3.41. The molecule has 1 heterocycles. The number of aromatic nitrogens is 2. The first kappa shape index (κ1) is 14.7. The maximum Gasteiger partial charge on any atom is 0.123 e. The average molecular weight is 275 g/mol. The van der Waals surface area contributed by atoms with Crippen molar-refractivity contribution in [1.82, 2.24) is 15.1 Å². The molecule has 0 aliphatic carbocycles. The fourth-order valence-corrected chi connectivity index (χ4v) is 2.34. The zero-order valence-corrected chi connectivity index (χ0v) is 12.5. The van der Waals surface area contributed by atoms with Crippen molar-refractivity contribution in [3.05, 3.63) is 53.1 Å². The summed E-state index contributed by atoms with van der Waals surface area (Å²) >= 11 is 0. The minimum atomic E-state index is -0.187. The van der Waals surface area contributed by atoms with E-state index in [4.69, 9.17) is 0 Å². The molecule has 1 aromatic heterocycles. The summed E-state index contributed by atoms with van der Waals surface area (Å²) in [6.07, 6.45) is 2.74. The highest BCUT2D eigenvalue weighted by molar-refractivity contribution is 5.27. The average Bonchev–Trinajstić information content (AvgIpc) is 2.83. The van der Waals surface area contributed by atoms with E-state index in [0.29, 0.717) is 6.04 Å². The van der Waals surface area contributed by atoms with Gasteiger partial charge in [-0.3, -0.25) is 4.68 Å². The Hall–Kier alpha value is -1.68. The van der Waals surface area contributed by atoms with Gasteiger partial charge >= 0.3 is 0 Å². The number of nitrogens with zero attached hydrogens (tertiary/aromatic N) is 2. The van der Waals surface area contributed by atoms with Gasteiger partial charge in [-0.2, -0.15) is 5.10 Å². The summed E-state index contributed by atoms with van der Waals surface area (Å²) in [5, 5.41) is 7.79. The Morgan fingerprint density at radius 3 is 2.60 bits per heavy atom. The van der Waals surface area contributed by atoms with E-state index in [1.54, 1.807) is 12.1 Å². The van der Waals surface area contributed by atoms with Crippen LogP contribution in [0.1, 0.15) is 42.8 Å². The molecule has 0 aliphatic rings. The van der Waals surface area contributed by atoms with Crippen molar-refractivity contribution in [2.24, 2.45) is 0 Å². The van der Waals surface area contributed by atoms with Gasteiger partial charge < -0.3 is 5.32 Å². The molecule has 0 saturated heterocycles. The van der Waals surface area contributed by atoms with Crippen molar-refractivity contribution in [3.8, 4) is 0 Å². The van der Waals surface area contributed by atoms with Gasteiger partial charge in [-0.15, -0.1) is 0 Å². The van der Waals surface area contributed by atoms with Gasteiger partial charge in [-0.1, -0.05) is 6.07 Å². The van der Waals surface area contributed by atoms with Crippen molar-refractivity contribution >= 4 is 0 Å². The Kier molecular flexibility index (Phi) is 4.55. The van der Waals surface area contributed by atoms with Crippen LogP contribution in [0.4, 0.5) is 4.39 Å². The molecule has 0 bridgehead atoms. The number of rotatable bonds is 5. The van der Waals surface area contributed by atoms with E-state index in [9.17, 15) is 4.39 Å². The molecule has 1 N–H and O–H groups in total. The lowest BCUT2D eigenvalue weighted by atomic mass is 10.0. The number of hydrogen-bond acceptors (Lipinski definition) is 2. The highest BCUT2D eigenvalue weighted by atomic mass is 19.1. The zero-order valence-electron chi connectivity index (χ0n) is 12.5. The topological polar surface area (TPSA) is 29.9 Å². The van der Waals surface area contributed by atoms with Crippen LogP contribution in [-0.4, -0.2) is 16.8 Å². The Labute approximate surface area is 119 Å². The molecule has 0 radical (unpaired) electrons. The maximum absolute atomic E-state index is 13.5. The molecule has 20 heavy (non-hydrogen) atoms. The molecular formula is C16H22FN3. The van der Waals surface area contributed by atoms with Gasteiger partial charge in [0.1, 0.15) is 5.82 Å². The second-order valence-electron chi connectivity index (χ2n) is 5.49. The molecule has 1 atom stereocenters. The first-order chi connectivity index (χ1) is 9.49. The summed E-state index contributed by atoms with van der Waals surface area (Å²) in [4.78, 5) is 0. The third-order valence-corrected chi connectivity index (χ3v) is 3.42. The first-order valence-electron chi connectivity index (χ1n) is 6.98. The molecule has 2 rings (SSSR count). The van der Waals surface area contributed by atoms with Crippen LogP contribution >= 0.6 is 0 Å². The predicted molar refractivity (Wildman–Crippen MR) is 79.3 cm³/mol. The number of benzene rings is 1. The number of likely N-dealkylation sites (N-methyl/N-ethyl adjacent to an activating group) is 1. The standard InChI is InChI=1S/C16H22FN3/c1-11(2)20-6-5-15(19-20)10-16(18-4)13-7-12(3)8-14(17)9-13/h5-9,11,16,18H,10H2,1-4H3. The summed E-state index contributed by atoms with van der Waals surface area (Å²) in [6.45, 7) is 6.11. The van der Waals surface area contributed by atoms with E-state index in [1.807, 2.05) is 37.0 Å². The van der Waals surface area contributed by atoms with Gasteiger partial charge in [0.15, 0.2) is 0 Å². The molecule has 2 aromatic rings. The van der Waals surface area contributed by atoms with Crippen LogP contribution in [0.2, 0.25) is 0 Å². The fraction of sp³-hybridized carbons (Fsp3) is 0.438. The minimum Gasteiger partial charge on any atom is -0.313 e. The van der Waals surface area contributed by atoms with E-state index in [-0.39, 0.29) is 11.9 Å². The molecule has 0 amide bonds. The quantitative estimate of drug-likeness (QED) is 0.906. The molecule has 0 aliphatic heterocycles. The SMILES string of the molecule is CNC(Cc1ccn(C(C)C)n1)c1cc(C)cc(F)c1. The Morgan fingerprint density at radius 2 is 2.05 bits per heavy atom. The van der Waals surface area contributed by atoms with Crippen LogP contribution in [0.15, 0.2) is 30.5 Å². The van der Waals surface area contributed by atoms with Crippen molar-refractivity contribution in [1.29, 1.82) is 0 Å². The monoisotopic (exact) mass is 275 g/mol. The molecule has 0 fully saturated rings. The minimum absolute atomic E-state index is 0.0694. The van der Waals surface area contributed by atoms with E-state index in [2.05, 4.69) is 24.3 Å². The Morgan fingerprint density at radius 1 is 1.30 bits per heavy atom. The van der Waals surface area contributed by atoms with E-state index >= 15 is 0 Å². The highest BCUT2D eigenvalue weighted by Gasteiger charge is 2.14. The second-order valence-corrected chi connectivity index (χ2v) is 5.49. The van der Waals surface area contributed by atoms with Crippen molar-refractivity contribution in [2.75, 3.05) is 7.05 Å². The van der Waals surface area contributed by atoms with Gasteiger partial charge in [-0.05, 0) is 57.1 Å². The van der Waals surface area contributed by atoms with Gasteiger partial charge in [-0.25, -0.2) is 4.39 Å². The molecule has 0 spiro atoms. The summed E-state index contributed by atoms with van der Waals surface area (Å²) < 4.78 is 15.5. The summed E-state index contributed by atoms with van der Waals surface area (Å²) in [5.41, 5.74) is 2.91. The number of halogens is 1. The number of aryl methyl sites for hydroxylation is 1. The van der Waals surface area contributed by atoms with E-state index in [1.165, 1.54) is 0 Å². The van der Waals surface area contributed by atoms with E-state index < -0.39 is 0 Å². The molecular weight excluding hydrogens is 253 g/mol. The van der Waals surface area contributed by atoms with Crippen LogP contribution in [0, 0.1) is 12.7 Å². The normalized spacial score (nSPS) is 12.9. The number of nitrogens with one attached hydrogen (secondary N) is 1. The van der Waals surface area contributed by atoms with Crippen LogP contribution in [0.25, 0.3) is 0 Å². The Bertz CT molecular complexity index is 555. The van der Waals surface area contributed by atoms with E-state index in [0.717, 1.165) is 23.2 Å². The fourth-order valence-electron chi connectivity index (χ4n) is 2.34. The van der Waals surface area contributed by atoms with Crippen LogP contribution < -0.4 is 5.32 Å². The molecule has 1 unspecified atom stereocenters. The Balaban J connectivity index is 2.19. The van der Waals surface area contributed by atoms with Gasteiger partial charge in [0.25, 0.3) is 0 Å². The molecule has 0 saturated carbocycles. The van der Waals surface area contributed by atoms with Gasteiger partial charge in [0, 0.05) is 24.7 Å². The molecule has 3 nitrogen and oxygen atoms in total. The third kappa shape index (κ3) is 3.45. The summed E-state index contributed by atoms with van der Waals surface area (Å²) in [7, 11) is 1.89. The van der Waals surface area contributed by atoms with Crippen LogP contribution in [0.3, 0.4) is 0 Å². The molecule has 4 heteroatoms. The lowest BCUT2D eigenvalue weighted by Gasteiger charge is -2.16. The largest absolute Gasteiger partial charge is 0.313 e. The first-order valence-corrected chi connectivity index (χ1v) is 6.98. The lowest BCUT2D eigenvalue weighted by Crippen LogP contribution is -2.19. The second kappa shape index (κ2) is 6.18. The van der Waals surface area contributed by atoms with Crippen molar-refractivity contribution in [3.63, 3.8) is 0 Å². The summed E-state index contributed by atoms with van der Waals surface area (Å²) in [6, 6.07) is 7.60. The number of hydrogen-bond donors (Lipinski definition) is 1. The molecule has 1 aromatic carbocycles. The van der Waals surface area contributed by atoms with Gasteiger partial charge in [0.05, 0.1) is 5.69 Å².